The van der Waals surface area contributed by atoms with Crippen LogP contribution in [-0.4, -0.2) is 14.8 Å². The van der Waals surface area contributed by atoms with Gasteiger partial charge in [0.25, 0.3) is 0 Å². The first-order valence-corrected chi connectivity index (χ1v) is 8.87. The predicted octanol–water partition coefficient (Wildman–Crippen LogP) is 3.65. The van der Waals surface area contributed by atoms with Crippen LogP contribution in [0.4, 0.5) is 0 Å². The van der Waals surface area contributed by atoms with E-state index in [0.717, 1.165) is 51.8 Å². The summed E-state index contributed by atoms with van der Waals surface area (Å²) in [6.45, 7) is 2.72. The maximum absolute atomic E-state index is 12.7. The zero-order valence-electron chi connectivity index (χ0n) is 14.5. The second kappa shape index (κ2) is 5.66. The third-order valence-electron chi connectivity index (χ3n) is 5.13. The summed E-state index contributed by atoms with van der Waals surface area (Å²) in [5, 5.41) is 18.6. The molecule has 0 aliphatic carbocycles. The minimum absolute atomic E-state index is 0.600. The number of hydrogen-bond acceptors (Lipinski definition) is 3. The minimum Gasteiger partial charge on any atom is -0.618 e. The molecule has 0 bridgehead atoms. The molecule has 26 heavy (non-hydrogen) atoms. The van der Waals surface area contributed by atoms with Gasteiger partial charge in [0.2, 0.25) is 5.69 Å². The van der Waals surface area contributed by atoms with Crippen molar-refractivity contribution in [2.75, 3.05) is 0 Å². The highest BCUT2D eigenvalue weighted by Gasteiger charge is 2.28. The lowest BCUT2D eigenvalue weighted by atomic mass is 9.96. The number of rotatable bonds is 2. The molecule has 0 unspecified atom stereocenters. The highest BCUT2D eigenvalue weighted by atomic mass is 16.5. The molecule has 5 nitrogen and oxygen atoms in total. The maximum atomic E-state index is 12.7. The number of hydrogen-bond donors (Lipinski definition) is 0. The van der Waals surface area contributed by atoms with Gasteiger partial charge in [-0.1, -0.05) is 18.2 Å². The first-order chi connectivity index (χ1) is 12.7. The normalized spacial score (nSPS) is 13.3. The van der Waals surface area contributed by atoms with Crippen molar-refractivity contribution >= 4 is 10.9 Å². The van der Waals surface area contributed by atoms with Crippen LogP contribution in [-0.2, 0) is 13.0 Å². The minimum atomic E-state index is 0.600. The van der Waals surface area contributed by atoms with Crippen LogP contribution < -0.4 is 4.73 Å². The second-order valence-corrected chi connectivity index (χ2v) is 6.72. The van der Waals surface area contributed by atoms with Crippen molar-refractivity contribution in [3.63, 3.8) is 0 Å². The van der Waals surface area contributed by atoms with Gasteiger partial charge in [0.15, 0.2) is 11.4 Å². The summed E-state index contributed by atoms with van der Waals surface area (Å²) >= 11 is 0. The molecular formula is C21H18N4O. The third-order valence-corrected chi connectivity index (χ3v) is 5.13. The first kappa shape index (κ1) is 15.1. The van der Waals surface area contributed by atoms with Crippen LogP contribution in [0.25, 0.3) is 33.4 Å². The first-order valence-electron chi connectivity index (χ1n) is 8.87. The van der Waals surface area contributed by atoms with E-state index in [-0.39, 0.29) is 0 Å². The zero-order chi connectivity index (χ0) is 17.7. The van der Waals surface area contributed by atoms with E-state index in [4.69, 9.17) is 5.10 Å². The van der Waals surface area contributed by atoms with Gasteiger partial charge in [0.05, 0.1) is 5.52 Å². The Balaban J connectivity index is 1.86. The lowest BCUT2D eigenvalue weighted by molar-refractivity contribution is -0.600. The van der Waals surface area contributed by atoms with Crippen LogP contribution in [0.5, 0.6) is 0 Å². The Bertz CT molecular complexity index is 1140. The summed E-state index contributed by atoms with van der Waals surface area (Å²) in [5.74, 6) is 0. The predicted molar refractivity (Wildman–Crippen MR) is 100 cm³/mol. The van der Waals surface area contributed by atoms with E-state index in [1.807, 2.05) is 55.6 Å². The number of pyridine rings is 2. The number of nitrogens with zero attached hydrogens (tertiary/aromatic N) is 4. The topological polar surface area (TPSA) is 57.7 Å². The molecule has 0 saturated carbocycles. The van der Waals surface area contributed by atoms with Gasteiger partial charge < -0.3 is 5.21 Å². The van der Waals surface area contributed by atoms with Crippen LogP contribution >= 0.6 is 0 Å². The molecule has 1 aliphatic heterocycles. The van der Waals surface area contributed by atoms with Crippen LogP contribution in [0, 0.1) is 12.1 Å². The van der Waals surface area contributed by atoms with E-state index in [9.17, 15) is 5.21 Å². The highest BCUT2D eigenvalue weighted by molar-refractivity contribution is 5.98. The van der Waals surface area contributed by atoms with Crippen LogP contribution in [0.1, 0.15) is 17.8 Å². The molecule has 4 aromatic rings. The molecule has 0 N–H and O–H groups in total. The van der Waals surface area contributed by atoms with Crippen molar-refractivity contribution in [3.05, 3.63) is 71.3 Å². The Hall–Kier alpha value is -3.21. The molecule has 0 spiro atoms. The summed E-state index contributed by atoms with van der Waals surface area (Å²) < 4.78 is 3.03. The van der Waals surface area contributed by atoms with Crippen molar-refractivity contribution in [3.8, 4) is 22.5 Å². The summed E-state index contributed by atoms with van der Waals surface area (Å²) in [4.78, 5) is 4.49. The Morgan fingerprint density at radius 1 is 1.08 bits per heavy atom. The number of aryl methyl sites for hydroxylation is 2. The summed E-state index contributed by atoms with van der Waals surface area (Å²) in [7, 11) is 0. The van der Waals surface area contributed by atoms with Crippen LogP contribution in [0.3, 0.4) is 0 Å². The van der Waals surface area contributed by atoms with E-state index in [1.165, 1.54) is 5.69 Å². The third kappa shape index (κ3) is 2.13. The van der Waals surface area contributed by atoms with E-state index >= 15 is 0 Å². The average Bonchev–Trinajstić information content (AvgIpc) is 3.25. The molecule has 4 heterocycles. The van der Waals surface area contributed by atoms with E-state index in [0.29, 0.717) is 11.4 Å². The number of aromatic nitrogens is 4. The molecule has 0 fully saturated rings. The van der Waals surface area contributed by atoms with Gasteiger partial charge in [-0.25, -0.2) is 0 Å². The lowest BCUT2D eigenvalue weighted by Crippen LogP contribution is -2.32. The van der Waals surface area contributed by atoms with Crippen molar-refractivity contribution in [2.24, 2.45) is 0 Å². The van der Waals surface area contributed by atoms with Crippen molar-refractivity contribution in [2.45, 2.75) is 26.3 Å². The van der Waals surface area contributed by atoms with Crippen molar-refractivity contribution in [1.82, 2.24) is 14.8 Å². The molecular weight excluding hydrogens is 324 g/mol. The Labute approximate surface area is 151 Å². The second-order valence-electron chi connectivity index (χ2n) is 6.72. The SMILES string of the molecule is Cc1cccc(-c2nn3c(c2-c2ccnc4ccccc24)CCC3)[n+]1[O-]. The van der Waals surface area contributed by atoms with Gasteiger partial charge >= 0.3 is 0 Å². The smallest absolute Gasteiger partial charge is 0.245 e. The molecule has 5 rings (SSSR count). The molecule has 1 aromatic carbocycles. The van der Waals surface area contributed by atoms with Crippen LogP contribution in [0.15, 0.2) is 54.7 Å². The van der Waals surface area contributed by atoms with Gasteiger partial charge in [-0.05, 0) is 36.6 Å². The fraction of sp³-hybridized carbons (Fsp3) is 0.190. The molecule has 0 atom stereocenters. The standard InChI is InChI=1S/C21H18N4O/c1-14-6-4-9-19(25(14)26)21-20(18-10-5-13-24(18)23-21)16-11-12-22-17-8-3-2-7-15(16)17/h2-4,6-9,11-12H,5,10,13H2,1H3. The van der Waals surface area contributed by atoms with Crippen molar-refractivity contribution < 1.29 is 4.73 Å². The quantitative estimate of drug-likeness (QED) is 0.413. The van der Waals surface area contributed by atoms with Gasteiger partial charge in [-0.3, -0.25) is 9.67 Å². The molecule has 5 heteroatoms. The summed E-state index contributed by atoms with van der Waals surface area (Å²) in [5.41, 5.74) is 6.34. The monoisotopic (exact) mass is 342 g/mol. The summed E-state index contributed by atoms with van der Waals surface area (Å²) in [6, 6.07) is 15.7. The average molecular weight is 342 g/mol. The Morgan fingerprint density at radius 3 is 2.88 bits per heavy atom. The van der Waals surface area contributed by atoms with Crippen LogP contribution in [0.2, 0.25) is 0 Å². The molecule has 0 saturated heterocycles. The van der Waals surface area contributed by atoms with Gasteiger partial charge in [-0.2, -0.15) is 9.83 Å². The number of fused-ring (bicyclic) bond motifs is 2. The number of benzene rings is 1. The Kier molecular flexibility index (Phi) is 3.28. The maximum Gasteiger partial charge on any atom is 0.245 e. The van der Waals surface area contributed by atoms with E-state index in [2.05, 4.69) is 15.7 Å². The van der Waals surface area contributed by atoms with Gasteiger partial charge in [-0.15, -0.1) is 0 Å². The number of para-hydroxylation sites is 1. The highest BCUT2D eigenvalue weighted by Crippen LogP contribution is 2.39. The zero-order valence-corrected chi connectivity index (χ0v) is 14.5. The van der Waals surface area contributed by atoms with E-state index in [1.54, 1.807) is 0 Å². The Morgan fingerprint density at radius 2 is 1.96 bits per heavy atom. The molecule has 0 radical (unpaired) electrons. The van der Waals surface area contributed by atoms with Gasteiger partial charge in [0, 0.05) is 48.4 Å². The summed E-state index contributed by atoms with van der Waals surface area (Å²) in [6.07, 6.45) is 3.90. The van der Waals surface area contributed by atoms with Gasteiger partial charge in [0.1, 0.15) is 0 Å². The van der Waals surface area contributed by atoms with Crippen molar-refractivity contribution in [1.29, 1.82) is 0 Å². The van der Waals surface area contributed by atoms with E-state index < -0.39 is 0 Å². The molecule has 3 aromatic heterocycles. The lowest BCUT2D eigenvalue weighted by Gasteiger charge is -2.10. The fourth-order valence-electron chi connectivity index (χ4n) is 3.89. The molecule has 0 amide bonds. The molecule has 128 valence electrons. The molecule has 1 aliphatic rings. The largest absolute Gasteiger partial charge is 0.618 e. The fourth-order valence-corrected chi connectivity index (χ4v) is 3.89.